The van der Waals surface area contributed by atoms with E-state index in [9.17, 15) is 0 Å². The molecule has 4 heteroatoms. The summed E-state index contributed by atoms with van der Waals surface area (Å²) in [5, 5.41) is 3.88. The predicted molar refractivity (Wildman–Crippen MR) is 43.5 cm³/mol. The minimum Gasteiger partial charge on any atom is -0.338 e. The van der Waals surface area contributed by atoms with Gasteiger partial charge in [0.15, 0.2) is 5.82 Å². The molecule has 0 saturated heterocycles. The van der Waals surface area contributed by atoms with Crippen molar-refractivity contribution in [1.82, 2.24) is 10.1 Å². The maximum absolute atomic E-state index is 5.73. The molecule has 0 radical (unpaired) electrons. The van der Waals surface area contributed by atoms with Crippen LogP contribution in [0.2, 0.25) is 0 Å². The second-order valence-electron chi connectivity index (χ2n) is 3.28. The lowest BCUT2D eigenvalue weighted by Crippen LogP contribution is -2.08. The van der Waals surface area contributed by atoms with Crippen LogP contribution in [0.4, 0.5) is 0 Å². The van der Waals surface area contributed by atoms with Gasteiger partial charge in [-0.1, -0.05) is 12.1 Å². The molecule has 1 aliphatic rings. The van der Waals surface area contributed by atoms with Gasteiger partial charge in [-0.05, 0) is 19.3 Å². The molecule has 12 heavy (non-hydrogen) atoms. The van der Waals surface area contributed by atoms with Gasteiger partial charge in [-0.15, -0.1) is 0 Å². The zero-order valence-electron chi connectivity index (χ0n) is 7.16. The third-order valence-corrected chi connectivity index (χ3v) is 2.16. The van der Waals surface area contributed by atoms with Crippen LogP contribution in [0.3, 0.4) is 0 Å². The third-order valence-electron chi connectivity index (χ3n) is 2.16. The smallest absolute Gasteiger partial charge is 0.243 e. The summed E-state index contributed by atoms with van der Waals surface area (Å²) in [5.74, 6) is 1.97. The third kappa shape index (κ3) is 1.34. The van der Waals surface area contributed by atoms with E-state index in [0.29, 0.717) is 11.8 Å². The predicted octanol–water partition coefficient (Wildman–Crippen LogP) is 1.36. The lowest BCUT2D eigenvalue weighted by Gasteiger charge is -1.98. The summed E-state index contributed by atoms with van der Waals surface area (Å²) in [4.78, 5) is 4.24. The molecule has 1 aliphatic carbocycles. The van der Waals surface area contributed by atoms with Gasteiger partial charge in [0, 0.05) is 5.92 Å². The van der Waals surface area contributed by atoms with Gasteiger partial charge in [-0.2, -0.15) is 4.98 Å². The second-order valence-corrected chi connectivity index (χ2v) is 3.28. The van der Waals surface area contributed by atoms with E-state index in [1.165, 1.54) is 12.8 Å². The van der Waals surface area contributed by atoms with E-state index < -0.39 is 0 Å². The van der Waals surface area contributed by atoms with Crippen LogP contribution < -0.4 is 5.73 Å². The van der Waals surface area contributed by atoms with Crippen molar-refractivity contribution in [2.45, 2.75) is 38.1 Å². The summed E-state index contributed by atoms with van der Waals surface area (Å²) in [6.45, 7) is 2.01. The highest BCUT2D eigenvalue weighted by Gasteiger charge is 2.29. The fourth-order valence-electron chi connectivity index (χ4n) is 1.08. The summed E-state index contributed by atoms with van der Waals surface area (Å²) in [6, 6.07) is -0.0926. The van der Waals surface area contributed by atoms with Crippen molar-refractivity contribution >= 4 is 0 Å². The summed E-state index contributed by atoms with van der Waals surface area (Å²) >= 11 is 0. The van der Waals surface area contributed by atoms with E-state index in [1.807, 2.05) is 6.92 Å². The first-order valence-electron chi connectivity index (χ1n) is 4.40. The van der Waals surface area contributed by atoms with Crippen LogP contribution in [-0.4, -0.2) is 10.1 Å². The van der Waals surface area contributed by atoms with E-state index in [1.54, 1.807) is 0 Å². The van der Waals surface area contributed by atoms with E-state index >= 15 is 0 Å². The van der Waals surface area contributed by atoms with Gasteiger partial charge in [-0.3, -0.25) is 0 Å². The first-order valence-corrected chi connectivity index (χ1v) is 4.40. The zero-order chi connectivity index (χ0) is 8.55. The van der Waals surface area contributed by atoms with Crippen LogP contribution in [0.15, 0.2) is 4.52 Å². The average molecular weight is 167 g/mol. The van der Waals surface area contributed by atoms with Crippen molar-refractivity contribution in [1.29, 1.82) is 0 Å². The Kier molecular flexibility index (Phi) is 1.84. The Labute approximate surface area is 71.1 Å². The standard InChI is InChI=1S/C8H13N3O/c1-2-6(9)8-10-7(11-12-8)5-3-4-5/h5-6H,2-4,9H2,1H3. The summed E-state index contributed by atoms with van der Waals surface area (Å²) in [5.41, 5.74) is 5.73. The Hall–Kier alpha value is -0.900. The van der Waals surface area contributed by atoms with E-state index in [0.717, 1.165) is 12.2 Å². The normalized spacial score (nSPS) is 19.5. The first kappa shape index (κ1) is 7.73. The molecule has 0 bridgehead atoms. The Balaban J connectivity index is 2.12. The summed E-state index contributed by atoms with van der Waals surface area (Å²) in [7, 11) is 0. The molecule has 66 valence electrons. The van der Waals surface area contributed by atoms with Crippen LogP contribution in [-0.2, 0) is 0 Å². The minimum atomic E-state index is -0.0926. The molecule has 1 atom stereocenters. The Morgan fingerprint density at radius 1 is 1.67 bits per heavy atom. The molecule has 1 aromatic rings. The summed E-state index contributed by atoms with van der Waals surface area (Å²) in [6.07, 6.45) is 3.23. The van der Waals surface area contributed by atoms with Gasteiger partial charge < -0.3 is 10.3 Å². The highest BCUT2D eigenvalue weighted by Crippen LogP contribution is 2.38. The largest absolute Gasteiger partial charge is 0.338 e. The molecule has 2 rings (SSSR count). The number of rotatable bonds is 3. The van der Waals surface area contributed by atoms with Crippen LogP contribution >= 0.6 is 0 Å². The zero-order valence-corrected chi connectivity index (χ0v) is 7.16. The molecule has 1 fully saturated rings. The molecule has 1 aromatic heterocycles. The SMILES string of the molecule is CCC(N)c1nc(C2CC2)no1. The number of hydrogen-bond donors (Lipinski definition) is 1. The molecule has 0 aromatic carbocycles. The molecule has 0 aliphatic heterocycles. The number of nitrogens with zero attached hydrogens (tertiary/aromatic N) is 2. The van der Waals surface area contributed by atoms with Crippen LogP contribution in [0.5, 0.6) is 0 Å². The first-order chi connectivity index (χ1) is 5.81. The van der Waals surface area contributed by atoms with Crippen molar-refractivity contribution in [3.05, 3.63) is 11.7 Å². The van der Waals surface area contributed by atoms with E-state index in [-0.39, 0.29) is 6.04 Å². The molecule has 4 nitrogen and oxygen atoms in total. The Morgan fingerprint density at radius 3 is 3.00 bits per heavy atom. The molecule has 1 heterocycles. The van der Waals surface area contributed by atoms with Gasteiger partial charge in [0.05, 0.1) is 6.04 Å². The summed E-state index contributed by atoms with van der Waals surface area (Å²) < 4.78 is 5.03. The van der Waals surface area contributed by atoms with Gasteiger partial charge >= 0.3 is 0 Å². The Morgan fingerprint density at radius 2 is 2.42 bits per heavy atom. The van der Waals surface area contributed by atoms with Gasteiger partial charge in [-0.25, -0.2) is 0 Å². The minimum absolute atomic E-state index is 0.0926. The molecule has 0 amide bonds. The monoisotopic (exact) mass is 167 g/mol. The van der Waals surface area contributed by atoms with E-state index in [4.69, 9.17) is 10.3 Å². The quantitative estimate of drug-likeness (QED) is 0.738. The highest BCUT2D eigenvalue weighted by molar-refractivity contribution is 5.04. The van der Waals surface area contributed by atoms with Crippen molar-refractivity contribution in [2.75, 3.05) is 0 Å². The van der Waals surface area contributed by atoms with Crippen molar-refractivity contribution in [3.8, 4) is 0 Å². The molecule has 2 N–H and O–H groups in total. The van der Waals surface area contributed by atoms with Crippen molar-refractivity contribution < 1.29 is 4.52 Å². The molecule has 1 saturated carbocycles. The Bertz CT molecular complexity index is 267. The molecule has 0 spiro atoms. The fourth-order valence-corrected chi connectivity index (χ4v) is 1.08. The van der Waals surface area contributed by atoms with Crippen molar-refractivity contribution in [2.24, 2.45) is 5.73 Å². The number of nitrogens with two attached hydrogens (primary N) is 1. The fraction of sp³-hybridized carbons (Fsp3) is 0.750. The van der Waals surface area contributed by atoms with Crippen molar-refractivity contribution in [3.63, 3.8) is 0 Å². The number of hydrogen-bond acceptors (Lipinski definition) is 4. The van der Waals surface area contributed by atoms with Crippen LogP contribution in [0, 0.1) is 0 Å². The average Bonchev–Trinajstić information content (AvgIpc) is 2.83. The second kappa shape index (κ2) is 2.86. The number of aromatic nitrogens is 2. The highest BCUT2D eigenvalue weighted by atomic mass is 16.5. The van der Waals surface area contributed by atoms with Crippen LogP contribution in [0.1, 0.15) is 49.9 Å². The maximum atomic E-state index is 5.73. The molecule has 1 unspecified atom stereocenters. The van der Waals surface area contributed by atoms with Gasteiger partial charge in [0.25, 0.3) is 0 Å². The molecular formula is C8H13N3O. The van der Waals surface area contributed by atoms with E-state index in [2.05, 4.69) is 10.1 Å². The lowest BCUT2D eigenvalue weighted by molar-refractivity contribution is 0.348. The van der Waals surface area contributed by atoms with Crippen LogP contribution in [0.25, 0.3) is 0 Å². The lowest BCUT2D eigenvalue weighted by atomic mass is 10.2. The van der Waals surface area contributed by atoms with Gasteiger partial charge in [0.2, 0.25) is 5.89 Å². The maximum Gasteiger partial charge on any atom is 0.243 e. The molecular weight excluding hydrogens is 154 g/mol. The topological polar surface area (TPSA) is 64.9 Å². The van der Waals surface area contributed by atoms with Gasteiger partial charge in [0.1, 0.15) is 0 Å².